The van der Waals surface area contributed by atoms with E-state index in [4.69, 9.17) is 14.2 Å². The molecule has 0 aromatic carbocycles. The van der Waals surface area contributed by atoms with Gasteiger partial charge in [0.1, 0.15) is 6.61 Å². The molecule has 2 saturated heterocycles. The average Bonchev–Trinajstić information content (AvgIpc) is 3.02. The molecular weight excluding hydrogens is 308 g/mol. The minimum Gasteiger partial charge on any atom is -0.463 e. The van der Waals surface area contributed by atoms with E-state index in [1.54, 1.807) is 0 Å². The molecule has 2 aliphatic heterocycles. The number of rotatable bonds is 9. The number of hydrogen-bond donors (Lipinski definition) is 0. The molecule has 2 unspecified atom stereocenters. The van der Waals surface area contributed by atoms with Crippen molar-refractivity contribution in [3.05, 3.63) is 0 Å². The first-order valence-corrected chi connectivity index (χ1v) is 10.4. The average molecular weight is 335 g/mol. The highest BCUT2D eigenvalue weighted by Gasteiger charge is 2.16. The standard InChI is InChI=1S/C15H26O4S2/c16-14(6-2-1-5-13-8-12-20-21-13)17-10-11-19-15-7-3-4-9-18-15/h13,15H,1-12H2. The van der Waals surface area contributed by atoms with Crippen molar-refractivity contribution in [1.29, 1.82) is 0 Å². The van der Waals surface area contributed by atoms with Gasteiger partial charge < -0.3 is 14.2 Å². The Morgan fingerprint density at radius 3 is 2.90 bits per heavy atom. The fourth-order valence-corrected chi connectivity index (χ4v) is 5.48. The van der Waals surface area contributed by atoms with Crippen molar-refractivity contribution in [2.75, 3.05) is 25.6 Å². The van der Waals surface area contributed by atoms with E-state index < -0.39 is 0 Å². The van der Waals surface area contributed by atoms with Crippen LogP contribution in [0.3, 0.4) is 0 Å². The summed E-state index contributed by atoms with van der Waals surface area (Å²) in [5.74, 6) is 1.18. The fraction of sp³-hybridized carbons (Fsp3) is 0.933. The second-order valence-electron chi connectivity index (χ2n) is 5.46. The van der Waals surface area contributed by atoms with Crippen LogP contribution in [0, 0.1) is 0 Å². The van der Waals surface area contributed by atoms with Crippen LogP contribution < -0.4 is 0 Å². The number of carbonyl (C=O) groups is 1. The van der Waals surface area contributed by atoms with E-state index in [-0.39, 0.29) is 12.3 Å². The first-order valence-electron chi connectivity index (χ1n) is 8.02. The molecule has 0 bridgehead atoms. The third-order valence-corrected chi connectivity index (χ3v) is 6.68. The first-order chi connectivity index (χ1) is 10.3. The third-order valence-electron chi connectivity index (χ3n) is 3.67. The second kappa shape index (κ2) is 10.8. The van der Waals surface area contributed by atoms with Crippen molar-refractivity contribution in [3.63, 3.8) is 0 Å². The summed E-state index contributed by atoms with van der Waals surface area (Å²) in [6, 6.07) is 0. The van der Waals surface area contributed by atoms with Crippen LogP contribution in [0.5, 0.6) is 0 Å². The van der Waals surface area contributed by atoms with Crippen LogP contribution in [0.25, 0.3) is 0 Å². The largest absolute Gasteiger partial charge is 0.463 e. The van der Waals surface area contributed by atoms with Gasteiger partial charge in [-0.05, 0) is 38.5 Å². The summed E-state index contributed by atoms with van der Waals surface area (Å²) in [7, 11) is 3.98. The molecule has 2 aliphatic rings. The van der Waals surface area contributed by atoms with Gasteiger partial charge in [-0.25, -0.2) is 0 Å². The van der Waals surface area contributed by atoms with Crippen LogP contribution in [-0.4, -0.2) is 43.1 Å². The molecule has 0 N–H and O–H groups in total. The van der Waals surface area contributed by atoms with Gasteiger partial charge in [-0.3, -0.25) is 4.79 Å². The van der Waals surface area contributed by atoms with Crippen molar-refractivity contribution in [3.8, 4) is 0 Å². The summed E-state index contributed by atoms with van der Waals surface area (Å²) in [5, 5.41) is 0.801. The predicted molar refractivity (Wildman–Crippen MR) is 87.4 cm³/mol. The monoisotopic (exact) mass is 334 g/mol. The number of hydrogen-bond acceptors (Lipinski definition) is 6. The van der Waals surface area contributed by atoms with E-state index in [0.29, 0.717) is 19.6 Å². The van der Waals surface area contributed by atoms with E-state index in [1.165, 1.54) is 18.6 Å². The summed E-state index contributed by atoms with van der Waals surface area (Å²) < 4.78 is 16.1. The van der Waals surface area contributed by atoms with Gasteiger partial charge in [-0.2, -0.15) is 0 Å². The molecule has 6 heteroatoms. The Bertz CT molecular complexity index is 289. The van der Waals surface area contributed by atoms with Crippen LogP contribution in [-0.2, 0) is 19.0 Å². The van der Waals surface area contributed by atoms with Crippen molar-refractivity contribution < 1.29 is 19.0 Å². The van der Waals surface area contributed by atoms with Crippen molar-refractivity contribution in [1.82, 2.24) is 0 Å². The summed E-state index contributed by atoms with van der Waals surface area (Å²) in [5.41, 5.74) is 0. The molecule has 0 radical (unpaired) electrons. The number of esters is 1. The van der Waals surface area contributed by atoms with Gasteiger partial charge in [-0.15, -0.1) is 0 Å². The van der Waals surface area contributed by atoms with Gasteiger partial charge >= 0.3 is 5.97 Å². The quantitative estimate of drug-likeness (QED) is 0.363. The lowest BCUT2D eigenvalue weighted by atomic mass is 10.1. The molecule has 2 fully saturated rings. The number of carbonyl (C=O) groups excluding carboxylic acids is 1. The van der Waals surface area contributed by atoms with Gasteiger partial charge in [0.05, 0.1) is 6.61 Å². The summed E-state index contributed by atoms with van der Waals surface area (Å²) >= 11 is 0. The molecule has 0 spiro atoms. The van der Waals surface area contributed by atoms with Crippen molar-refractivity contribution in [2.24, 2.45) is 0 Å². The molecule has 0 aliphatic carbocycles. The highest BCUT2D eigenvalue weighted by molar-refractivity contribution is 8.77. The lowest BCUT2D eigenvalue weighted by Crippen LogP contribution is -2.24. The van der Waals surface area contributed by atoms with Crippen LogP contribution in [0.4, 0.5) is 0 Å². The van der Waals surface area contributed by atoms with Gasteiger partial charge in [0.15, 0.2) is 6.29 Å². The molecular formula is C15H26O4S2. The van der Waals surface area contributed by atoms with Crippen LogP contribution in [0.1, 0.15) is 51.4 Å². The van der Waals surface area contributed by atoms with E-state index in [1.807, 2.05) is 21.6 Å². The lowest BCUT2D eigenvalue weighted by molar-refractivity contribution is -0.173. The molecule has 4 nitrogen and oxygen atoms in total. The smallest absolute Gasteiger partial charge is 0.305 e. The maximum Gasteiger partial charge on any atom is 0.305 e. The topological polar surface area (TPSA) is 44.8 Å². The second-order valence-corrected chi connectivity index (χ2v) is 8.25. The SMILES string of the molecule is O=C(CCCCC1CCSS1)OCCOC1CCCCO1. The summed E-state index contributed by atoms with van der Waals surface area (Å²) in [4.78, 5) is 11.6. The number of ether oxygens (including phenoxy) is 3. The van der Waals surface area contributed by atoms with Gasteiger partial charge in [0.25, 0.3) is 0 Å². The predicted octanol–water partition coefficient (Wildman–Crippen LogP) is 3.79. The lowest BCUT2D eigenvalue weighted by Gasteiger charge is -2.22. The summed E-state index contributed by atoms with van der Waals surface area (Å²) in [6.07, 6.45) is 8.27. The van der Waals surface area contributed by atoms with E-state index in [2.05, 4.69) is 0 Å². The van der Waals surface area contributed by atoms with Crippen LogP contribution in [0.2, 0.25) is 0 Å². The van der Waals surface area contributed by atoms with Gasteiger partial charge in [0.2, 0.25) is 0 Å². The zero-order chi connectivity index (χ0) is 14.8. The fourth-order valence-electron chi connectivity index (χ4n) is 2.46. The highest BCUT2D eigenvalue weighted by atomic mass is 33.1. The maximum atomic E-state index is 11.6. The molecule has 2 rings (SSSR count). The minimum atomic E-state index is -0.100. The third kappa shape index (κ3) is 7.77. The molecule has 2 heterocycles. The molecule has 0 aromatic heterocycles. The Balaban J connectivity index is 1.38. The Morgan fingerprint density at radius 1 is 1.19 bits per heavy atom. The minimum absolute atomic E-state index is 0.0979. The molecule has 0 amide bonds. The Morgan fingerprint density at radius 2 is 2.14 bits per heavy atom. The van der Waals surface area contributed by atoms with Gasteiger partial charge in [0, 0.05) is 24.0 Å². The normalized spacial score (nSPS) is 25.9. The zero-order valence-electron chi connectivity index (χ0n) is 12.6. The van der Waals surface area contributed by atoms with Crippen LogP contribution in [0.15, 0.2) is 0 Å². The molecule has 122 valence electrons. The zero-order valence-corrected chi connectivity index (χ0v) is 14.2. The maximum absolute atomic E-state index is 11.6. The number of unbranched alkanes of at least 4 members (excludes halogenated alkanes) is 1. The first kappa shape index (κ1) is 17.4. The Hall–Kier alpha value is 0.0900. The molecule has 21 heavy (non-hydrogen) atoms. The van der Waals surface area contributed by atoms with Crippen molar-refractivity contribution >= 4 is 27.6 Å². The molecule has 0 aromatic rings. The highest BCUT2D eigenvalue weighted by Crippen LogP contribution is 2.39. The van der Waals surface area contributed by atoms with E-state index in [0.717, 1.165) is 44.0 Å². The van der Waals surface area contributed by atoms with E-state index in [9.17, 15) is 4.79 Å². The Labute approximate surface area is 135 Å². The van der Waals surface area contributed by atoms with Crippen molar-refractivity contribution in [2.45, 2.75) is 62.9 Å². The Kier molecular flexibility index (Phi) is 8.93. The van der Waals surface area contributed by atoms with E-state index >= 15 is 0 Å². The summed E-state index contributed by atoms with van der Waals surface area (Å²) in [6.45, 7) is 1.56. The van der Waals surface area contributed by atoms with Crippen LogP contribution >= 0.6 is 21.6 Å². The molecule has 2 atom stereocenters. The molecule has 0 saturated carbocycles. The van der Waals surface area contributed by atoms with Gasteiger partial charge in [-0.1, -0.05) is 28.0 Å².